The lowest BCUT2D eigenvalue weighted by Crippen LogP contribution is -1.92. The number of fused-ring (bicyclic) bond motifs is 1. The molecule has 2 aromatic heterocycles. The van der Waals surface area contributed by atoms with Crippen molar-refractivity contribution in [3.63, 3.8) is 0 Å². The van der Waals surface area contributed by atoms with Gasteiger partial charge in [0.05, 0.1) is 22.9 Å². The van der Waals surface area contributed by atoms with Gasteiger partial charge in [0.15, 0.2) is 5.75 Å². The highest BCUT2D eigenvalue weighted by Gasteiger charge is 2.28. The van der Waals surface area contributed by atoms with Gasteiger partial charge in [-0.05, 0) is 32.5 Å². The molecule has 0 N–H and O–H groups in total. The molecule has 0 aliphatic rings. The van der Waals surface area contributed by atoms with Crippen molar-refractivity contribution in [1.29, 1.82) is 0 Å². The standard InChI is InChI=1S/C14H10BrN3O3/c1-21-13-10(15)7-8-17-12(13)11(14(16-17)18(19)20)9-5-3-2-4-6-9/h2-8H,1H3. The van der Waals surface area contributed by atoms with Crippen molar-refractivity contribution in [2.75, 3.05) is 7.11 Å². The maximum absolute atomic E-state index is 11.3. The summed E-state index contributed by atoms with van der Waals surface area (Å²) >= 11 is 3.39. The first-order valence-corrected chi connectivity index (χ1v) is 6.87. The van der Waals surface area contributed by atoms with Gasteiger partial charge < -0.3 is 14.9 Å². The maximum atomic E-state index is 11.3. The Labute approximate surface area is 128 Å². The third-order valence-corrected chi connectivity index (χ3v) is 3.75. The summed E-state index contributed by atoms with van der Waals surface area (Å²) in [6.07, 6.45) is 1.65. The predicted molar refractivity (Wildman–Crippen MR) is 81.5 cm³/mol. The number of methoxy groups -OCH3 is 1. The van der Waals surface area contributed by atoms with Crippen LogP contribution in [-0.2, 0) is 0 Å². The topological polar surface area (TPSA) is 69.7 Å². The lowest BCUT2D eigenvalue weighted by Gasteiger charge is -2.05. The van der Waals surface area contributed by atoms with Crippen LogP contribution in [0.1, 0.15) is 0 Å². The number of hydrogen-bond acceptors (Lipinski definition) is 4. The Balaban J connectivity index is 2.47. The molecule has 106 valence electrons. The molecule has 3 aromatic rings. The van der Waals surface area contributed by atoms with Crippen LogP contribution in [-0.4, -0.2) is 21.6 Å². The highest BCUT2D eigenvalue weighted by molar-refractivity contribution is 9.10. The second kappa shape index (κ2) is 5.17. The highest BCUT2D eigenvalue weighted by atomic mass is 79.9. The van der Waals surface area contributed by atoms with E-state index in [1.807, 2.05) is 30.3 Å². The molecular formula is C14H10BrN3O3. The number of ether oxygens (including phenoxy) is 1. The molecule has 0 unspecified atom stereocenters. The number of halogens is 1. The third kappa shape index (κ3) is 2.15. The molecule has 21 heavy (non-hydrogen) atoms. The number of pyridine rings is 1. The molecule has 0 radical (unpaired) electrons. The minimum absolute atomic E-state index is 0.197. The number of nitro groups is 1. The van der Waals surface area contributed by atoms with Crippen LogP contribution in [0.3, 0.4) is 0 Å². The van der Waals surface area contributed by atoms with Gasteiger partial charge in [-0.3, -0.25) is 0 Å². The molecule has 0 aliphatic carbocycles. The molecule has 6 nitrogen and oxygen atoms in total. The van der Waals surface area contributed by atoms with Crippen molar-refractivity contribution >= 4 is 27.3 Å². The molecule has 0 saturated carbocycles. The first-order valence-electron chi connectivity index (χ1n) is 6.08. The number of aromatic nitrogens is 2. The van der Waals surface area contributed by atoms with Crippen molar-refractivity contribution in [2.45, 2.75) is 0 Å². The van der Waals surface area contributed by atoms with Crippen molar-refractivity contribution < 1.29 is 9.66 Å². The van der Waals surface area contributed by atoms with E-state index in [4.69, 9.17) is 4.74 Å². The second-order valence-electron chi connectivity index (χ2n) is 4.31. The van der Waals surface area contributed by atoms with Crippen LogP contribution in [0.4, 0.5) is 5.82 Å². The fraction of sp³-hybridized carbons (Fsp3) is 0.0714. The summed E-state index contributed by atoms with van der Waals surface area (Å²) in [6, 6.07) is 10.9. The minimum Gasteiger partial charge on any atom is -0.493 e. The molecule has 0 spiro atoms. The molecular weight excluding hydrogens is 338 g/mol. The van der Waals surface area contributed by atoms with E-state index in [9.17, 15) is 10.1 Å². The zero-order chi connectivity index (χ0) is 15.0. The zero-order valence-corrected chi connectivity index (χ0v) is 12.6. The van der Waals surface area contributed by atoms with Crippen LogP contribution < -0.4 is 4.74 Å². The molecule has 0 aliphatic heterocycles. The SMILES string of the molecule is COc1c(Br)ccn2nc([N+](=O)[O-])c(-c3ccccc3)c12. The molecule has 0 saturated heterocycles. The van der Waals surface area contributed by atoms with E-state index in [0.29, 0.717) is 21.3 Å². The average Bonchev–Trinajstić information content (AvgIpc) is 2.88. The molecule has 7 heteroatoms. The first-order chi connectivity index (χ1) is 10.1. The van der Waals surface area contributed by atoms with Gasteiger partial charge in [-0.2, -0.15) is 0 Å². The quantitative estimate of drug-likeness (QED) is 0.535. The summed E-state index contributed by atoms with van der Waals surface area (Å²) in [5.74, 6) is 0.314. The monoisotopic (exact) mass is 347 g/mol. The highest BCUT2D eigenvalue weighted by Crippen LogP contribution is 2.40. The fourth-order valence-electron chi connectivity index (χ4n) is 2.27. The van der Waals surface area contributed by atoms with Crippen molar-refractivity contribution in [2.24, 2.45) is 0 Å². The largest absolute Gasteiger partial charge is 0.493 e. The Morgan fingerprint density at radius 1 is 1.29 bits per heavy atom. The van der Waals surface area contributed by atoms with E-state index in [-0.39, 0.29) is 5.82 Å². The normalized spacial score (nSPS) is 10.8. The first kappa shape index (κ1) is 13.6. The summed E-state index contributed by atoms with van der Waals surface area (Å²) < 4.78 is 7.56. The molecule has 0 bridgehead atoms. The Morgan fingerprint density at radius 3 is 2.62 bits per heavy atom. The van der Waals surface area contributed by atoms with Gasteiger partial charge in [-0.15, -0.1) is 4.52 Å². The van der Waals surface area contributed by atoms with Gasteiger partial charge in [0.1, 0.15) is 11.1 Å². The number of hydrogen-bond donors (Lipinski definition) is 0. The van der Waals surface area contributed by atoms with Gasteiger partial charge >= 0.3 is 5.82 Å². The Hall–Kier alpha value is -2.41. The summed E-state index contributed by atoms with van der Waals surface area (Å²) in [5.41, 5.74) is 1.72. The van der Waals surface area contributed by atoms with E-state index < -0.39 is 4.92 Å². The van der Waals surface area contributed by atoms with Gasteiger partial charge in [-0.25, -0.2) is 0 Å². The van der Waals surface area contributed by atoms with Crippen LogP contribution in [0.25, 0.3) is 16.6 Å². The number of rotatable bonds is 3. The maximum Gasteiger partial charge on any atom is 0.399 e. The summed E-state index contributed by atoms with van der Waals surface area (Å²) in [4.78, 5) is 10.8. The summed E-state index contributed by atoms with van der Waals surface area (Å²) in [5, 5.41) is 15.4. The third-order valence-electron chi connectivity index (χ3n) is 3.13. The van der Waals surface area contributed by atoms with E-state index in [0.717, 1.165) is 5.56 Å². The van der Waals surface area contributed by atoms with E-state index >= 15 is 0 Å². The van der Waals surface area contributed by atoms with E-state index in [1.54, 1.807) is 12.3 Å². The lowest BCUT2D eigenvalue weighted by molar-refractivity contribution is -0.388. The van der Waals surface area contributed by atoms with Crippen LogP contribution in [0, 0.1) is 10.1 Å². The summed E-state index contributed by atoms with van der Waals surface area (Å²) in [6.45, 7) is 0. The Bertz CT molecular complexity index is 830. The molecule has 3 rings (SSSR count). The molecule has 2 heterocycles. The molecule has 0 fully saturated rings. The van der Waals surface area contributed by atoms with Crippen LogP contribution >= 0.6 is 15.9 Å². The van der Waals surface area contributed by atoms with Crippen LogP contribution in [0.5, 0.6) is 5.75 Å². The summed E-state index contributed by atoms with van der Waals surface area (Å²) in [7, 11) is 1.52. The van der Waals surface area contributed by atoms with E-state index in [1.165, 1.54) is 11.6 Å². The smallest absolute Gasteiger partial charge is 0.399 e. The Morgan fingerprint density at radius 2 is 2.00 bits per heavy atom. The van der Waals surface area contributed by atoms with Gasteiger partial charge in [-0.1, -0.05) is 30.3 Å². The molecule has 1 aromatic carbocycles. The van der Waals surface area contributed by atoms with Crippen molar-refractivity contribution in [3.05, 3.63) is 57.2 Å². The van der Waals surface area contributed by atoms with Crippen molar-refractivity contribution in [3.8, 4) is 16.9 Å². The predicted octanol–water partition coefficient (Wildman–Crippen LogP) is 3.68. The average molecular weight is 348 g/mol. The molecule has 0 atom stereocenters. The van der Waals surface area contributed by atoms with Gasteiger partial charge in [0.2, 0.25) is 0 Å². The zero-order valence-electron chi connectivity index (χ0n) is 11.0. The fourth-order valence-corrected chi connectivity index (χ4v) is 2.73. The van der Waals surface area contributed by atoms with Gasteiger partial charge in [0, 0.05) is 0 Å². The minimum atomic E-state index is -0.483. The Kier molecular flexibility index (Phi) is 3.34. The second-order valence-corrected chi connectivity index (χ2v) is 5.17. The van der Waals surface area contributed by atoms with Crippen LogP contribution in [0.15, 0.2) is 47.1 Å². The van der Waals surface area contributed by atoms with Gasteiger partial charge in [0.25, 0.3) is 0 Å². The van der Waals surface area contributed by atoms with E-state index in [2.05, 4.69) is 21.0 Å². The number of benzene rings is 1. The lowest BCUT2D eigenvalue weighted by atomic mass is 10.1. The molecule has 0 amide bonds. The van der Waals surface area contributed by atoms with Crippen LogP contribution in [0.2, 0.25) is 0 Å². The van der Waals surface area contributed by atoms with Crippen molar-refractivity contribution in [1.82, 2.24) is 9.61 Å². The number of nitrogens with zero attached hydrogens (tertiary/aromatic N) is 3.